The third-order valence-electron chi connectivity index (χ3n) is 7.41. The number of fused-ring (bicyclic) bond motifs is 1. The average molecular weight is 489 g/mol. The van der Waals surface area contributed by atoms with Crippen molar-refractivity contribution >= 4 is 16.7 Å². The zero-order valence-corrected chi connectivity index (χ0v) is 21.3. The van der Waals surface area contributed by atoms with Crippen molar-refractivity contribution in [2.45, 2.75) is 103 Å². The van der Waals surface area contributed by atoms with Crippen LogP contribution in [0.4, 0.5) is 4.39 Å². The van der Waals surface area contributed by atoms with Crippen molar-refractivity contribution in [1.82, 2.24) is 0 Å². The molecule has 6 heteroatoms. The van der Waals surface area contributed by atoms with Crippen molar-refractivity contribution in [2.24, 2.45) is 11.8 Å². The smallest absolute Gasteiger partial charge is 0.306 e. The Morgan fingerprint density at radius 3 is 2.43 bits per heavy atom. The monoisotopic (exact) mass is 488 g/mol. The summed E-state index contributed by atoms with van der Waals surface area (Å²) in [6.07, 6.45) is 3.75. The van der Waals surface area contributed by atoms with Crippen molar-refractivity contribution in [3.8, 4) is 0 Å². The summed E-state index contributed by atoms with van der Waals surface area (Å²) in [6.45, 7) is 5.54. The zero-order valence-electron chi connectivity index (χ0n) is 21.3. The summed E-state index contributed by atoms with van der Waals surface area (Å²) >= 11 is 0. The van der Waals surface area contributed by atoms with Crippen molar-refractivity contribution < 1.29 is 29.2 Å². The maximum atomic E-state index is 15.2. The quantitative estimate of drug-likeness (QED) is 0.262. The number of carbonyl (C=O) groups excluding carboxylic acids is 1. The molecule has 0 aliphatic heterocycles. The molecular weight excluding hydrogens is 447 g/mol. The predicted molar refractivity (Wildman–Crippen MR) is 135 cm³/mol. The molecule has 1 fully saturated rings. The molecule has 2 aromatic carbocycles. The van der Waals surface area contributed by atoms with Gasteiger partial charge < -0.3 is 20.1 Å². The van der Waals surface area contributed by atoms with E-state index in [0.29, 0.717) is 31.1 Å². The number of carbonyl (C=O) groups is 1. The van der Waals surface area contributed by atoms with E-state index < -0.39 is 18.3 Å². The summed E-state index contributed by atoms with van der Waals surface area (Å²) in [5.74, 6) is -0.697. The van der Waals surface area contributed by atoms with E-state index >= 15 is 4.39 Å². The molecule has 1 unspecified atom stereocenters. The lowest BCUT2D eigenvalue weighted by Crippen LogP contribution is -2.23. The highest BCUT2D eigenvalue weighted by molar-refractivity contribution is 5.87. The van der Waals surface area contributed by atoms with Gasteiger partial charge in [-0.2, -0.15) is 0 Å². The zero-order chi connectivity index (χ0) is 25.5. The highest BCUT2D eigenvalue weighted by Crippen LogP contribution is 2.40. The molecule has 1 aliphatic rings. The van der Waals surface area contributed by atoms with Gasteiger partial charge in [0.25, 0.3) is 0 Å². The summed E-state index contributed by atoms with van der Waals surface area (Å²) in [6, 6.07) is 9.10. The van der Waals surface area contributed by atoms with Gasteiger partial charge >= 0.3 is 5.97 Å². The van der Waals surface area contributed by atoms with Crippen LogP contribution < -0.4 is 0 Å². The number of aliphatic hydroxyl groups excluding tert-OH is 3. The maximum Gasteiger partial charge on any atom is 0.306 e. The Hall–Kier alpha value is -2.02. The first-order chi connectivity index (χ1) is 16.7. The molecule has 0 bridgehead atoms. The van der Waals surface area contributed by atoms with Crippen LogP contribution in [0.5, 0.6) is 0 Å². The van der Waals surface area contributed by atoms with Gasteiger partial charge in [-0.25, -0.2) is 4.39 Å². The molecule has 0 aromatic heterocycles. The van der Waals surface area contributed by atoms with Crippen molar-refractivity contribution in [3.63, 3.8) is 0 Å². The lowest BCUT2D eigenvalue weighted by atomic mass is 9.84. The average Bonchev–Trinajstić information content (AvgIpc) is 3.06. The second-order valence-electron chi connectivity index (χ2n) is 10.4. The van der Waals surface area contributed by atoms with Crippen LogP contribution in [0.1, 0.15) is 88.9 Å². The molecule has 194 valence electrons. The summed E-state index contributed by atoms with van der Waals surface area (Å²) in [5, 5.41) is 33.2. The van der Waals surface area contributed by atoms with E-state index in [4.69, 9.17) is 4.74 Å². The van der Waals surface area contributed by atoms with E-state index in [-0.39, 0.29) is 35.3 Å². The number of aryl methyl sites for hydroxylation is 1. The minimum atomic E-state index is -0.963. The summed E-state index contributed by atoms with van der Waals surface area (Å²) in [4.78, 5) is 11.6. The van der Waals surface area contributed by atoms with Gasteiger partial charge in [-0.1, -0.05) is 49.6 Å². The number of esters is 1. The van der Waals surface area contributed by atoms with Crippen LogP contribution >= 0.6 is 0 Å². The van der Waals surface area contributed by atoms with Gasteiger partial charge in [0.1, 0.15) is 5.82 Å². The molecule has 5 nitrogen and oxygen atoms in total. The maximum absolute atomic E-state index is 15.2. The molecule has 0 spiro atoms. The number of halogens is 1. The molecule has 1 saturated carbocycles. The second-order valence-corrected chi connectivity index (χ2v) is 10.4. The number of hydrogen-bond acceptors (Lipinski definition) is 5. The van der Waals surface area contributed by atoms with E-state index in [9.17, 15) is 20.1 Å². The Morgan fingerprint density at radius 2 is 1.71 bits per heavy atom. The Balaban J connectivity index is 1.50. The summed E-state index contributed by atoms with van der Waals surface area (Å²) in [5.41, 5.74) is 1.12. The number of unbranched alkanes of at least 4 members (excludes halogenated alkanes) is 3. The number of hydrogen-bond donors (Lipinski definition) is 3. The molecule has 5 atom stereocenters. The number of aliphatic hydroxyl groups is 3. The SMILES string of the molecule is Cc1cccc2ccc(C(O)CC[C@@H]3[C@@H](CCCCCCC(=O)OC(C)C)[C@@H](O)C[C@H]3O)c(F)c12. The topological polar surface area (TPSA) is 87.0 Å². The summed E-state index contributed by atoms with van der Waals surface area (Å²) < 4.78 is 20.3. The molecule has 0 saturated heterocycles. The molecule has 35 heavy (non-hydrogen) atoms. The highest BCUT2D eigenvalue weighted by atomic mass is 19.1. The normalized spacial score (nSPS) is 23.2. The third-order valence-corrected chi connectivity index (χ3v) is 7.41. The van der Waals surface area contributed by atoms with E-state index in [1.165, 1.54) is 0 Å². The van der Waals surface area contributed by atoms with Crippen LogP contribution in [0.2, 0.25) is 0 Å². The first-order valence-corrected chi connectivity index (χ1v) is 13.1. The van der Waals surface area contributed by atoms with Crippen LogP contribution in [0.15, 0.2) is 30.3 Å². The van der Waals surface area contributed by atoms with Crippen LogP contribution in [-0.2, 0) is 9.53 Å². The van der Waals surface area contributed by atoms with Gasteiger partial charge in [0.15, 0.2) is 0 Å². The van der Waals surface area contributed by atoms with Crippen LogP contribution in [0, 0.1) is 24.6 Å². The second kappa shape index (κ2) is 12.8. The fourth-order valence-electron chi connectivity index (χ4n) is 5.59. The van der Waals surface area contributed by atoms with E-state index in [1.54, 1.807) is 6.07 Å². The fourth-order valence-corrected chi connectivity index (χ4v) is 5.59. The van der Waals surface area contributed by atoms with E-state index in [1.807, 2.05) is 45.0 Å². The Labute approximate surface area is 208 Å². The first-order valence-electron chi connectivity index (χ1n) is 13.1. The minimum Gasteiger partial charge on any atom is -0.463 e. The molecule has 3 rings (SSSR count). The molecule has 0 heterocycles. The molecule has 2 aromatic rings. The third kappa shape index (κ3) is 7.25. The van der Waals surface area contributed by atoms with Gasteiger partial charge in [-0.15, -0.1) is 0 Å². The van der Waals surface area contributed by atoms with Crippen LogP contribution in [0.25, 0.3) is 10.8 Å². The molecule has 3 N–H and O–H groups in total. The Bertz CT molecular complexity index is 975. The lowest BCUT2D eigenvalue weighted by molar-refractivity contribution is -0.147. The standard InChI is InChI=1S/C29H41FO5/c1-18(2)35-27(34)12-7-5-4-6-11-21-22(26(33)17-25(21)32)15-16-24(31)23-14-13-20-10-8-9-19(3)28(20)29(23)30/h8-10,13-14,18,21-22,24-26,31-33H,4-7,11-12,15-17H2,1-3H3/t21-,22-,24?,25+,26-/m1/s1. The van der Waals surface area contributed by atoms with Crippen molar-refractivity contribution in [2.75, 3.05) is 0 Å². The highest BCUT2D eigenvalue weighted by Gasteiger charge is 2.41. The van der Waals surface area contributed by atoms with E-state index in [0.717, 1.165) is 43.1 Å². The molecule has 0 amide bonds. The largest absolute Gasteiger partial charge is 0.463 e. The first kappa shape index (κ1) is 27.6. The molecular formula is C29H41FO5. The number of ether oxygens (including phenoxy) is 1. The Morgan fingerprint density at radius 1 is 1.03 bits per heavy atom. The van der Waals surface area contributed by atoms with E-state index in [2.05, 4.69) is 0 Å². The molecule has 0 radical (unpaired) electrons. The Kier molecular flexibility index (Phi) is 10.1. The fraction of sp³-hybridized carbons (Fsp3) is 0.621. The van der Waals surface area contributed by atoms with Gasteiger partial charge in [0.05, 0.1) is 24.4 Å². The van der Waals surface area contributed by atoms with Crippen molar-refractivity contribution in [1.29, 1.82) is 0 Å². The van der Waals surface area contributed by atoms with Crippen molar-refractivity contribution in [3.05, 3.63) is 47.3 Å². The number of rotatable bonds is 12. The van der Waals surface area contributed by atoms with Gasteiger partial charge in [0, 0.05) is 17.4 Å². The number of benzene rings is 2. The molecule has 1 aliphatic carbocycles. The predicted octanol–water partition coefficient (Wildman–Crippen LogP) is 5.75. The van der Waals surface area contributed by atoms with Gasteiger partial charge in [-0.05, 0) is 75.7 Å². The van der Waals surface area contributed by atoms with Gasteiger partial charge in [0.2, 0.25) is 0 Å². The van der Waals surface area contributed by atoms with Gasteiger partial charge in [-0.3, -0.25) is 4.79 Å². The van der Waals surface area contributed by atoms with Crippen LogP contribution in [-0.4, -0.2) is 39.6 Å². The summed E-state index contributed by atoms with van der Waals surface area (Å²) in [7, 11) is 0. The van der Waals surface area contributed by atoms with Crippen LogP contribution in [0.3, 0.4) is 0 Å². The minimum absolute atomic E-state index is 0.0354. The lowest BCUT2D eigenvalue weighted by Gasteiger charge is -2.25.